The number of rotatable bonds is 6. The Bertz CT molecular complexity index is 351. The average Bonchev–Trinajstić information content (AvgIpc) is 2.85. The summed E-state index contributed by atoms with van der Waals surface area (Å²) in [4.78, 5) is 2.47. The Hall–Kier alpha value is -0.840. The lowest BCUT2D eigenvalue weighted by atomic mass is 9.99. The van der Waals surface area contributed by atoms with Gasteiger partial charge in [-0.15, -0.1) is 0 Å². The molecule has 2 rings (SSSR count). The van der Waals surface area contributed by atoms with Crippen molar-refractivity contribution in [3.05, 3.63) is 23.7 Å². The maximum Gasteiger partial charge on any atom is 0.129 e. The molecule has 0 spiro atoms. The van der Waals surface area contributed by atoms with Crippen molar-refractivity contribution in [2.45, 2.75) is 44.9 Å². The van der Waals surface area contributed by atoms with E-state index >= 15 is 0 Å². The van der Waals surface area contributed by atoms with Gasteiger partial charge in [-0.05, 0) is 37.9 Å². The van der Waals surface area contributed by atoms with Crippen LogP contribution in [-0.4, -0.2) is 36.3 Å². The van der Waals surface area contributed by atoms with Crippen LogP contribution in [0.4, 0.5) is 0 Å². The van der Waals surface area contributed by atoms with E-state index in [2.05, 4.69) is 4.90 Å². The molecule has 1 aromatic heterocycles. The van der Waals surface area contributed by atoms with Gasteiger partial charge in [0.1, 0.15) is 18.1 Å². The minimum Gasteiger partial charge on any atom is -0.462 e. The maximum absolute atomic E-state index is 9.00. The van der Waals surface area contributed by atoms with Gasteiger partial charge in [-0.2, -0.15) is 0 Å². The number of likely N-dealkylation sites (tertiary alicyclic amines) is 1. The number of furan rings is 1. The van der Waals surface area contributed by atoms with E-state index < -0.39 is 0 Å². The highest BCUT2D eigenvalue weighted by Gasteiger charge is 2.22. The molecule has 1 saturated heterocycles. The summed E-state index contributed by atoms with van der Waals surface area (Å²) in [6.07, 6.45) is 4.91. The standard InChI is InChI=1S/C14H23NO3/c1-17-9-7-12-4-2-3-8-15(12)10-13-5-6-14(11-16)18-13/h5-6,12,16H,2-4,7-11H2,1H3. The van der Waals surface area contributed by atoms with Crippen molar-refractivity contribution in [1.82, 2.24) is 4.90 Å². The topological polar surface area (TPSA) is 45.8 Å². The molecule has 1 aliphatic heterocycles. The van der Waals surface area contributed by atoms with Crippen molar-refractivity contribution >= 4 is 0 Å². The molecule has 0 radical (unpaired) electrons. The van der Waals surface area contributed by atoms with E-state index in [9.17, 15) is 0 Å². The van der Waals surface area contributed by atoms with Gasteiger partial charge in [-0.3, -0.25) is 4.90 Å². The van der Waals surface area contributed by atoms with Crippen molar-refractivity contribution in [1.29, 1.82) is 0 Å². The highest BCUT2D eigenvalue weighted by Crippen LogP contribution is 2.22. The van der Waals surface area contributed by atoms with Crippen LogP contribution in [0.25, 0.3) is 0 Å². The van der Waals surface area contributed by atoms with Crippen molar-refractivity contribution in [3.63, 3.8) is 0 Å². The van der Waals surface area contributed by atoms with Crippen LogP contribution in [0.1, 0.15) is 37.2 Å². The Morgan fingerprint density at radius 2 is 2.22 bits per heavy atom. The van der Waals surface area contributed by atoms with Crippen LogP contribution in [0.5, 0.6) is 0 Å². The van der Waals surface area contributed by atoms with Crippen LogP contribution in [0.2, 0.25) is 0 Å². The molecule has 4 nitrogen and oxygen atoms in total. The lowest BCUT2D eigenvalue weighted by Gasteiger charge is -2.35. The minimum absolute atomic E-state index is 0.0207. The third kappa shape index (κ3) is 3.57. The molecule has 0 aromatic carbocycles. The lowest BCUT2D eigenvalue weighted by Crippen LogP contribution is -2.39. The van der Waals surface area contributed by atoms with Gasteiger partial charge in [0.05, 0.1) is 6.54 Å². The number of piperidine rings is 1. The second kappa shape index (κ2) is 6.92. The van der Waals surface area contributed by atoms with E-state index in [0.717, 1.165) is 31.9 Å². The van der Waals surface area contributed by atoms with Gasteiger partial charge in [0.15, 0.2) is 0 Å². The Morgan fingerprint density at radius 3 is 2.94 bits per heavy atom. The molecular weight excluding hydrogens is 230 g/mol. The Kier molecular flexibility index (Phi) is 5.23. The first kappa shape index (κ1) is 13.6. The van der Waals surface area contributed by atoms with Crippen molar-refractivity contribution in [2.24, 2.45) is 0 Å². The molecule has 102 valence electrons. The number of ether oxygens (including phenoxy) is 1. The molecular formula is C14H23NO3. The first-order chi connectivity index (χ1) is 8.83. The molecule has 18 heavy (non-hydrogen) atoms. The number of hydrogen-bond acceptors (Lipinski definition) is 4. The van der Waals surface area contributed by atoms with Gasteiger partial charge < -0.3 is 14.3 Å². The van der Waals surface area contributed by atoms with E-state index in [0.29, 0.717) is 11.8 Å². The predicted octanol–water partition coefficient (Wildman–Crippen LogP) is 2.16. The predicted molar refractivity (Wildman–Crippen MR) is 69.2 cm³/mol. The van der Waals surface area contributed by atoms with Crippen molar-refractivity contribution in [2.75, 3.05) is 20.3 Å². The van der Waals surface area contributed by atoms with E-state index in [1.807, 2.05) is 12.1 Å². The van der Waals surface area contributed by atoms with Gasteiger partial charge in [0, 0.05) is 19.8 Å². The zero-order valence-electron chi connectivity index (χ0n) is 11.1. The molecule has 1 atom stereocenters. The van der Waals surface area contributed by atoms with Crippen LogP contribution in [0, 0.1) is 0 Å². The quantitative estimate of drug-likeness (QED) is 0.844. The average molecular weight is 253 g/mol. The normalized spacial score (nSPS) is 21.3. The lowest BCUT2D eigenvalue weighted by molar-refractivity contribution is 0.0906. The highest BCUT2D eigenvalue weighted by molar-refractivity contribution is 5.06. The third-order valence-electron chi connectivity index (χ3n) is 3.64. The molecule has 1 N–H and O–H groups in total. The second-order valence-corrected chi connectivity index (χ2v) is 4.93. The molecule has 0 aliphatic carbocycles. The van der Waals surface area contributed by atoms with E-state index in [1.165, 1.54) is 19.3 Å². The second-order valence-electron chi connectivity index (χ2n) is 4.93. The number of aliphatic hydroxyl groups is 1. The summed E-state index contributed by atoms with van der Waals surface area (Å²) >= 11 is 0. The van der Waals surface area contributed by atoms with Gasteiger partial charge in [0.25, 0.3) is 0 Å². The van der Waals surface area contributed by atoms with Crippen LogP contribution in [-0.2, 0) is 17.9 Å². The fraction of sp³-hybridized carbons (Fsp3) is 0.714. The molecule has 4 heteroatoms. The van der Waals surface area contributed by atoms with Crippen LogP contribution in [0.15, 0.2) is 16.5 Å². The summed E-state index contributed by atoms with van der Waals surface area (Å²) in [5, 5.41) is 9.00. The van der Waals surface area contributed by atoms with E-state index in [-0.39, 0.29) is 6.61 Å². The minimum atomic E-state index is -0.0207. The van der Waals surface area contributed by atoms with Crippen LogP contribution >= 0.6 is 0 Å². The Labute approximate surface area is 109 Å². The maximum atomic E-state index is 9.00. The largest absolute Gasteiger partial charge is 0.462 e. The molecule has 1 aliphatic rings. The zero-order valence-corrected chi connectivity index (χ0v) is 11.1. The van der Waals surface area contributed by atoms with Gasteiger partial charge in [-0.25, -0.2) is 0 Å². The molecule has 2 heterocycles. The highest BCUT2D eigenvalue weighted by atomic mass is 16.5. The smallest absolute Gasteiger partial charge is 0.129 e. The third-order valence-corrected chi connectivity index (χ3v) is 3.64. The summed E-state index contributed by atoms with van der Waals surface area (Å²) in [5.41, 5.74) is 0. The molecule has 0 bridgehead atoms. The van der Waals surface area contributed by atoms with E-state index in [4.69, 9.17) is 14.3 Å². The number of methoxy groups -OCH3 is 1. The molecule has 0 saturated carbocycles. The SMILES string of the molecule is COCCC1CCCCN1Cc1ccc(CO)o1. The first-order valence-corrected chi connectivity index (χ1v) is 6.75. The summed E-state index contributed by atoms with van der Waals surface area (Å²) in [6.45, 7) is 2.77. The van der Waals surface area contributed by atoms with Gasteiger partial charge in [0.2, 0.25) is 0 Å². The van der Waals surface area contributed by atoms with E-state index in [1.54, 1.807) is 7.11 Å². The zero-order chi connectivity index (χ0) is 12.8. The van der Waals surface area contributed by atoms with Crippen LogP contribution < -0.4 is 0 Å². The number of aliphatic hydroxyl groups excluding tert-OH is 1. The fourth-order valence-corrected chi connectivity index (χ4v) is 2.64. The van der Waals surface area contributed by atoms with Crippen molar-refractivity contribution < 1.29 is 14.3 Å². The molecule has 0 amide bonds. The molecule has 1 aromatic rings. The number of nitrogens with zero attached hydrogens (tertiary/aromatic N) is 1. The summed E-state index contributed by atoms with van der Waals surface area (Å²) in [5.74, 6) is 1.60. The fourth-order valence-electron chi connectivity index (χ4n) is 2.64. The summed E-state index contributed by atoms with van der Waals surface area (Å²) < 4.78 is 10.7. The monoisotopic (exact) mass is 253 g/mol. The van der Waals surface area contributed by atoms with Crippen LogP contribution in [0.3, 0.4) is 0 Å². The Morgan fingerprint density at radius 1 is 1.39 bits per heavy atom. The Balaban J connectivity index is 1.91. The van der Waals surface area contributed by atoms with Gasteiger partial charge in [-0.1, -0.05) is 6.42 Å². The summed E-state index contributed by atoms with van der Waals surface area (Å²) in [7, 11) is 1.76. The number of hydrogen-bond donors (Lipinski definition) is 1. The first-order valence-electron chi connectivity index (χ1n) is 6.75. The summed E-state index contributed by atoms with van der Waals surface area (Å²) in [6, 6.07) is 4.41. The molecule has 1 unspecified atom stereocenters. The van der Waals surface area contributed by atoms with Crippen molar-refractivity contribution in [3.8, 4) is 0 Å². The molecule has 1 fully saturated rings. The van der Waals surface area contributed by atoms with Gasteiger partial charge >= 0.3 is 0 Å².